The number of hydrogen-bond donors (Lipinski definition) is 1. The van der Waals surface area contributed by atoms with Gasteiger partial charge in [0, 0.05) is 6.20 Å². The summed E-state index contributed by atoms with van der Waals surface area (Å²) in [5, 5.41) is 3.79. The lowest BCUT2D eigenvalue weighted by Crippen LogP contribution is -2.36. The fraction of sp³-hybridized carbons (Fsp3) is 0.667. The standard InChI is InChI=1S/C12H18F2N4O2/c1-11(2,3)20-10(19)17-6-9(12(13,14)7-17)18-5-8(15)4-16-18/h4-5,9H,6-7,15H2,1-3H3. The second-order valence-corrected chi connectivity index (χ2v) is 5.89. The second kappa shape index (κ2) is 4.60. The predicted molar refractivity (Wildman–Crippen MR) is 68.4 cm³/mol. The van der Waals surface area contributed by atoms with Gasteiger partial charge in [-0.1, -0.05) is 0 Å². The Balaban J connectivity index is 2.13. The number of amides is 1. The zero-order valence-corrected chi connectivity index (χ0v) is 11.6. The fourth-order valence-corrected chi connectivity index (χ4v) is 2.03. The molecule has 20 heavy (non-hydrogen) atoms. The van der Waals surface area contributed by atoms with Gasteiger partial charge in [0.25, 0.3) is 5.92 Å². The third-order valence-corrected chi connectivity index (χ3v) is 2.88. The molecule has 1 unspecified atom stereocenters. The van der Waals surface area contributed by atoms with Gasteiger partial charge in [-0.05, 0) is 20.8 Å². The van der Waals surface area contributed by atoms with E-state index in [4.69, 9.17) is 10.5 Å². The number of nitrogens with zero attached hydrogens (tertiary/aromatic N) is 3. The lowest BCUT2D eigenvalue weighted by Gasteiger charge is -2.24. The highest BCUT2D eigenvalue weighted by atomic mass is 19.3. The summed E-state index contributed by atoms with van der Waals surface area (Å²) in [4.78, 5) is 12.8. The molecule has 112 valence electrons. The van der Waals surface area contributed by atoms with E-state index in [0.717, 1.165) is 9.58 Å². The van der Waals surface area contributed by atoms with Gasteiger partial charge in [-0.2, -0.15) is 5.10 Å². The smallest absolute Gasteiger partial charge is 0.410 e. The summed E-state index contributed by atoms with van der Waals surface area (Å²) in [6.45, 7) is 4.20. The minimum atomic E-state index is -3.07. The average molecular weight is 288 g/mol. The maximum Gasteiger partial charge on any atom is 0.410 e. The SMILES string of the molecule is CC(C)(C)OC(=O)N1CC(n2cc(N)cn2)C(F)(F)C1. The first kappa shape index (κ1) is 14.5. The van der Waals surface area contributed by atoms with E-state index in [9.17, 15) is 13.6 Å². The van der Waals surface area contributed by atoms with Crippen molar-refractivity contribution in [3.05, 3.63) is 12.4 Å². The van der Waals surface area contributed by atoms with Gasteiger partial charge >= 0.3 is 6.09 Å². The molecule has 1 fully saturated rings. The largest absolute Gasteiger partial charge is 0.444 e. The highest BCUT2D eigenvalue weighted by molar-refractivity contribution is 5.68. The Morgan fingerprint density at radius 3 is 2.70 bits per heavy atom. The molecule has 0 radical (unpaired) electrons. The lowest BCUT2D eigenvalue weighted by atomic mass is 10.2. The van der Waals surface area contributed by atoms with Crippen molar-refractivity contribution in [3.63, 3.8) is 0 Å². The Hall–Kier alpha value is -1.86. The van der Waals surface area contributed by atoms with Crippen LogP contribution in [-0.2, 0) is 4.74 Å². The third-order valence-electron chi connectivity index (χ3n) is 2.88. The zero-order valence-electron chi connectivity index (χ0n) is 11.6. The van der Waals surface area contributed by atoms with E-state index in [0.29, 0.717) is 5.69 Å². The van der Waals surface area contributed by atoms with Crippen LogP contribution in [0.1, 0.15) is 26.8 Å². The van der Waals surface area contributed by atoms with Crippen molar-refractivity contribution >= 4 is 11.8 Å². The number of nitrogen functional groups attached to an aromatic ring is 1. The van der Waals surface area contributed by atoms with Crippen LogP contribution in [0.25, 0.3) is 0 Å². The molecule has 1 aromatic rings. The quantitative estimate of drug-likeness (QED) is 0.856. The van der Waals surface area contributed by atoms with Gasteiger partial charge in [0.15, 0.2) is 0 Å². The molecule has 0 spiro atoms. The van der Waals surface area contributed by atoms with Crippen molar-refractivity contribution in [2.24, 2.45) is 0 Å². The first-order valence-electron chi connectivity index (χ1n) is 6.24. The van der Waals surface area contributed by atoms with Gasteiger partial charge in [0.1, 0.15) is 11.6 Å². The summed E-state index contributed by atoms with van der Waals surface area (Å²) < 4.78 is 34.2. The molecule has 0 aromatic carbocycles. The molecule has 6 nitrogen and oxygen atoms in total. The summed E-state index contributed by atoms with van der Waals surface area (Å²) in [7, 11) is 0. The molecule has 0 aliphatic carbocycles. The number of carbonyl (C=O) groups excluding carboxylic acids is 1. The van der Waals surface area contributed by atoms with Crippen molar-refractivity contribution in [1.29, 1.82) is 0 Å². The highest BCUT2D eigenvalue weighted by Gasteiger charge is 2.52. The summed E-state index contributed by atoms with van der Waals surface area (Å²) in [6.07, 6.45) is 1.88. The molecule has 8 heteroatoms. The van der Waals surface area contributed by atoms with E-state index in [2.05, 4.69) is 5.10 Å². The molecule has 0 bridgehead atoms. The van der Waals surface area contributed by atoms with Crippen molar-refractivity contribution in [3.8, 4) is 0 Å². The van der Waals surface area contributed by atoms with Crippen LogP contribution in [-0.4, -0.2) is 45.4 Å². The minimum absolute atomic E-state index is 0.164. The van der Waals surface area contributed by atoms with Crippen molar-refractivity contribution in [1.82, 2.24) is 14.7 Å². The molecule has 1 aliphatic rings. The molecule has 1 aromatic heterocycles. The molecule has 2 heterocycles. The van der Waals surface area contributed by atoms with Crippen LogP contribution >= 0.6 is 0 Å². The molecule has 1 atom stereocenters. The number of hydrogen-bond acceptors (Lipinski definition) is 4. The van der Waals surface area contributed by atoms with Crippen LogP contribution in [0.4, 0.5) is 19.3 Å². The number of carbonyl (C=O) groups is 1. The Kier molecular flexibility index (Phi) is 3.35. The van der Waals surface area contributed by atoms with E-state index >= 15 is 0 Å². The molecule has 1 aliphatic heterocycles. The Morgan fingerprint density at radius 2 is 2.20 bits per heavy atom. The molecular weight excluding hydrogens is 270 g/mol. The number of aromatic nitrogens is 2. The zero-order chi connectivity index (χ0) is 15.1. The number of likely N-dealkylation sites (tertiary alicyclic amines) is 1. The van der Waals surface area contributed by atoms with Gasteiger partial charge in [-0.3, -0.25) is 9.58 Å². The van der Waals surface area contributed by atoms with Gasteiger partial charge < -0.3 is 10.5 Å². The number of alkyl halides is 2. The maximum atomic E-state index is 14.0. The third kappa shape index (κ3) is 3.00. The summed E-state index contributed by atoms with van der Waals surface area (Å²) >= 11 is 0. The van der Waals surface area contributed by atoms with Gasteiger partial charge in [0.05, 0.1) is 25.0 Å². The molecule has 2 N–H and O–H groups in total. The lowest BCUT2D eigenvalue weighted by molar-refractivity contribution is -0.0281. The number of anilines is 1. The van der Waals surface area contributed by atoms with Crippen LogP contribution in [0.5, 0.6) is 0 Å². The van der Waals surface area contributed by atoms with E-state index < -0.39 is 30.2 Å². The van der Waals surface area contributed by atoms with Crippen LogP contribution < -0.4 is 5.73 Å². The first-order chi connectivity index (χ1) is 9.08. The predicted octanol–water partition coefficient (Wildman–Crippen LogP) is 1.89. The molecular formula is C12H18F2N4O2. The summed E-state index contributed by atoms with van der Waals surface area (Å²) in [6, 6.07) is -1.23. The Morgan fingerprint density at radius 1 is 1.55 bits per heavy atom. The van der Waals surface area contributed by atoms with Crippen LogP contribution in [0.15, 0.2) is 12.4 Å². The Labute approximate surface area is 115 Å². The topological polar surface area (TPSA) is 73.4 Å². The van der Waals surface area contributed by atoms with Crippen LogP contribution in [0, 0.1) is 0 Å². The Bertz CT molecular complexity index is 510. The maximum absolute atomic E-state index is 14.0. The molecule has 2 rings (SSSR count). The van der Waals surface area contributed by atoms with Gasteiger partial charge in [-0.15, -0.1) is 0 Å². The van der Waals surface area contributed by atoms with Crippen LogP contribution in [0.2, 0.25) is 0 Å². The van der Waals surface area contributed by atoms with Crippen molar-refractivity contribution < 1.29 is 18.3 Å². The molecule has 1 saturated heterocycles. The molecule has 0 saturated carbocycles. The van der Waals surface area contributed by atoms with E-state index in [1.807, 2.05) is 0 Å². The number of nitrogens with two attached hydrogens (primary N) is 1. The van der Waals surface area contributed by atoms with Gasteiger partial charge in [-0.25, -0.2) is 13.6 Å². The number of rotatable bonds is 1. The van der Waals surface area contributed by atoms with E-state index in [1.165, 1.54) is 12.4 Å². The van der Waals surface area contributed by atoms with E-state index in [-0.39, 0.29) is 6.54 Å². The normalized spacial score (nSPS) is 22.1. The average Bonchev–Trinajstić information content (AvgIpc) is 2.79. The monoisotopic (exact) mass is 288 g/mol. The summed E-state index contributed by atoms with van der Waals surface area (Å²) in [5.74, 6) is -3.07. The second-order valence-electron chi connectivity index (χ2n) is 5.89. The summed E-state index contributed by atoms with van der Waals surface area (Å²) in [5.41, 5.74) is 5.06. The minimum Gasteiger partial charge on any atom is -0.444 e. The number of halogens is 2. The first-order valence-corrected chi connectivity index (χ1v) is 6.24. The highest BCUT2D eigenvalue weighted by Crippen LogP contribution is 2.37. The van der Waals surface area contributed by atoms with Crippen molar-refractivity contribution in [2.45, 2.75) is 38.3 Å². The molecule has 1 amide bonds. The van der Waals surface area contributed by atoms with E-state index in [1.54, 1.807) is 20.8 Å². The fourth-order valence-electron chi connectivity index (χ4n) is 2.03. The van der Waals surface area contributed by atoms with Gasteiger partial charge in [0.2, 0.25) is 0 Å². The van der Waals surface area contributed by atoms with Crippen LogP contribution in [0.3, 0.4) is 0 Å². The number of ether oxygens (including phenoxy) is 1. The van der Waals surface area contributed by atoms with Crippen molar-refractivity contribution in [2.75, 3.05) is 18.8 Å².